The Balaban J connectivity index is 1.46. The lowest BCUT2D eigenvalue weighted by molar-refractivity contribution is -0.653. The van der Waals surface area contributed by atoms with E-state index in [0.717, 1.165) is 44.5 Å². The molecule has 0 aliphatic rings. The Morgan fingerprint density at radius 1 is 0.926 bits per heavy atom. The van der Waals surface area contributed by atoms with E-state index in [9.17, 15) is 0 Å². The molecule has 0 aliphatic carbocycles. The van der Waals surface area contributed by atoms with Crippen molar-refractivity contribution in [3.8, 4) is 17.1 Å². The lowest BCUT2D eigenvalue weighted by atomic mass is 10.1. The first-order valence-electron chi connectivity index (χ1n) is 8.48. The van der Waals surface area contributed by atoms with Crippen molar-refractivity contribution >= 4 is 33.1 Å². The number of aromatic amines is 3. The molecular weight excluding hydrogens is 340 g/mol. The van der Waals surface area contributed by atoms with Gasteiger partial charge in [-0.25, -0.2) is 15.0 Å². The highest BCUT2D eigenvalue weighted by Gasteiger charge is 2.15. The van der Waals surface area contributed by atoms with Crippen LogP contribution in [0, 0.1) is 0 Å². The van der Waals surface area contributed by atoms with Crippen molar-refractivity contribution in [2.45, 2.75) is 0 Å². The zero-order valence-corrected chi connectivity index (χ0v) is 14.0. The second kappa shape index (κ2) is 5.21. The van der Waals surface area contributed by atoms with Gasteiger partial charge in [0.05, 0.1) is 17.1 Å². The molecule has 0 spiro atoms. The third kappa shape index (κ3) is 2.20. The highest BCUT2D eigenvalue weighted by atomic mass is 15.3. The topological polar surface area (TPSA) is 103 Å². The lowest BCUT2D eigenvalue weighted by Gasteiger charge is -1.95. The SMILES string of the molecule is c1cnc2nc(-c3ccc4c[n+](-c5cnc6[nH]ncc6c5)[nH]c4c3)[nH]c2c1. The van der Waals surface area contributed by atoms with Crippen molar-refractivity contribution in [2.24, 2.45) is 0 Å². The minimum atomic E-state index is 0.716. The summed E-state index contributed by atoms with van der Waals surface area (Å²) in [7, 11) is 0. The summed E-state index contributed by atoms with van der Waals surface area (Å²) in [6.07, 6.45) is 7.36. The first-order chi connectivity index (χ1) is 13.3. The van der Waals surface area contributed by atoms with Crippen LogP contribution in [0.3, 0.4) is 0 Å². The van der Waals surface area contributed by atoms with Gasteiger partial charge in [-0.1, -0.05) is 10.7 Å². The van der Waals surface area contributed by atoms with Gasteiger partial charge in [-0.2, -0.15) is 10.2 Å². The van der Waals surface area contributed by atoms with E-state index in [1.807, 2.05) is 35.3 Å². The molecule has 3 N–H and O–H groups in total. The molecule has 0 bridgehead atoms. The Bertz CT molecular complexity index is 1410. The quantitative estimate of drug-likeness (QED) is 0.416. The molecule has 6 aromatic rings. The number of rotatable bonds is 2. The van der Waals surface area contributed by atoms with Crippen LogP contribution in [0.2, 0.25) is 0 Å². The summed E-state index contributed by atoms with van der Waals surface area (Å²) in [4.78, 5) is 16.6. The fraction of sp³-hybridized carbons (Fsp3) is 0. The van der Waals surface area contributed by atoms with E-state index in [0.29, 0.717) is 5.65 Å². The van der Waals surface area contributed by atoms with Crippen molar-refractivity contribution in [3.05, 3.63) is 61.2 Å². The lowest BCUT2D eigenvalue weighted by Crippen LogP contribution is -2.31. The van der Waals surface area contributed by atoms with Crippen LogP contribution >= 0.6 is 0 Å². The highest BCUT2D eigenvalue weighted by molar-refractivity contribution is 5.84. The van der Waals surface area contributed by atoms with Crippen molar-refractivity contribution < 1.29 is 4.68 Å². The maximum Gasteiger partial charge on any atom is 0.254 e. The molecule has 0 aliphatic heterocycles. The zero-order chi connectivity index (χ0) is 17.8. The minimum Gasteiger partial charge on any atom is -0.337 e. The van der Waals surface area contributed by atoms with Gasteiger partial charge in [0.1, 0.15) is 17.5 Å². The van der Waals surface area contributed by atoms with Gasteiger partial charge < -0.3 is 4.98 Å². The standard InChI is InChI=1S/C19H12N8/c1-2-15-19(20-5-1)24-18(23-15)11-3-4-12-10-27(26-16(12)7-11)14-6-13-8-22-25-17(13)21-9-14/h1-10H,(H2,20,21,22,23,24,25,26)/p+1. The number of nitrogens with one attached hydrogen (secondary N) is 3. The molecule has 6 rings (SSSR count). The van der Waals surface area contributed by atoms with Crippen LogP contribution in [-0.2, 0) is 0 Å². The van der Waals surface area contributed by atoms with Crippen LogP contribution in [0.4, 0.5) is 0 Å². The third-order valence-electron chi connectivity index (χ3n) is 4.65. The second-order valence-corrected chi connectivity index (χ2v) is 6.37. The van der Waals surface area contributed by atoms with E-state index in [1.54, 1.807) is 12.4 Å². The summed E-state index contributed by atoms with van der Waals surface area (Å²) >= 11 is 0. The van der Waals surface area contributed by atoms with E-state index in [2.05, 4.69) is 53.4 Å². The molecule has 0 fully saturated rings. The number of benzene rings is 1. The van der Waals surface area contributed by atoms with Crippen molar-refractivity contribution in [1.82, 2.24) is 35.2 Å². The van der Waals surface area contributed by atoms with E-state index in [-0.39, 0.29) is 0 Å². The monoisotopic (exact) mass is 353 g/mol. The molecular formula is C19H13N8+. The van der Waals surface area contributed by atoms with Gasteiger partial charge in [-0.3, -0.25) is 5.10 Å². The zero-order valence-electron chi connectivity index (χ0n) is 14.0. The Morgan fingerprint density at radius 3 is 2.89 bits per heavy atom. The Labute approximate surface area is 151 Å². The number of nitrogens with zero attached hydrogens (tertiary/aromatic N) is 5. The highest BCUT2D eigenvalue weighted by Crippen LogP contribution is 2.23. The Hall–Kier alpha value is -4.07. The Morgan fingerprint density at radius 2 is 1.93 bits per heavy atom. The van der Waals surface area contributed by atoms with E-state index >= 15 is 0 Å². The number of fused-ring (bicyclic) bond motifs is 3. The van der Waals surface area contributed by atoms with E-state index in [1.165, 1.54) is 0 Å². The van der Waals surface area contributed by atoms with Crippen LogP contribution in [0.15, 0.2) is 61.2 Å². The summed E-state index contributed by atoms with van der Waals surface area (Å²) in [5.41, 5.74) is 5.36. The summed E-state index contributed by atoms with van der Waals surface area (Å²) in [6, 6.07) is 12.1. The van der Waals surface area contributed by atoms with Gasteiger partial charge in [-0.05, 0) is 24.3 Å². The van der Waals surface area contributed by atoms with Gasteiger partial charge in [0.15, 0.2) is 11.3 Å². The molecule has 1 aromatic carbocycles. The maximum atomic E-state index is 4.58. The van der Waals surface area contributed by atoms with Crippen molar-refractivity contribution in [1.29, 1.82) is 0 Å². The largest absolute Gasteiger partial charge is 0.337 e. The molecule has 0 unspecified atom stereocenters. The molecule has 0 saturated heterocycles. The number of H-pyrrole nitrogens is 3. The summed E-state index contributed by atoms with van der Waals surface area (Å²) in [5.74, 6) is 0.799. The van der Waals surface area contributed by atoms with Crippen LogP contribution in [0.1, 0.15) is 0 Å². The second-order valence-electron chi connectivity index (χ2n) is 6.37. The molecule has 8 heteroatoms. The Kier molecular flexibility index (Phi) is 2.73. The van der Waals surface area contributed by atoms with Gasteiger partial charge in [-0.15, -0.1) is 0 Å². The van der Waals surface area contributed by atoms with Gasteiger partial charge in [0, 0.05) is 23.2 Å². The average Bonchev–Trinajstić information content (AvgIpc) is 3.42. The van der Waals surface area contributed by atoms with Crippen molar-refractivity contribution in [2.75, 3.05) is 0 Å². The minimum absolute atomic E-state index is 0.716. The predicted molar refractivity (Wildman–Crippen MR) is 100 cm³/mol. The molecule has 0 saturated carbocycles. The molecule has 0 amide bonds. The number of imidazole rings is 1. The number of aromatic nitrogens is 8. The summed E-state index contributed by atoms with van der Waals surface area (Å²) < 4.78 is 1.95. The van der Waals surface area contributed by atoms with E-state index in [4.69, 9.17) is 0 Å². The van der Waals surface area contributed by atoms with Crippen molar-refractivity contribution in [3.63, 3.8) is 0 Å². The van der Waals surface area contributed by atoms with Crippen LogP contribution in [0.5, 0.6) is 0 Å². The number of pyridine rings is 2. The summed E-state index contributed by atoms with van der Waals surface area (Å²) in [5, 5.41) is 12.4. The first-order valence-corrected chi connectivity index (χ1v) is 8.48. The van der Waals surface area contributed by atoms with Crippen LogP contribution < -0.4 is 4.68 Å². The third-order valence-corrected chi connectivity index (χ3v) is 4.65. The molecule has 5 aromatic heterocycles. The molecule has 5 heterocycles. The normalized spacial score (nSPS) is 11.7. The first kappa shape index (κ1) is 14.1. The molecule has 0 radical (unpaired) electrons. The molecule has 27 heavy (non-hydrogen) atoms. The fourth-order valence-corrected chi connectivity index (χ4v) is 3.29. The van der Waals surface area contributed by atoms with Crippen LogP contribution in [0.25, 0.3) is 50.2 Å². The maximum absolute atomic E-state index is 4.58. The molecule has 128 valence electrons. The van der Waals surface area contributed by atoms with Gasteiger partial charge >= 0.3 is 0 Å². The number of hydrogen-bond donors (Lipinski definition) is 3. The van der Waals surface area contributed by atoms with E-state index < -0.39 is 0 Å². The number of hydrogen-bond acceptors (Lipinski definition) is 4. The average molecular weight is 353 g/mol. The predicted octanol–water partition coefficient (Wildman–Crippen LogP) is 2.65. The summed E-state index contributed by atoms with van der Waals surface area (Å²) in [6.45, 7) is 0. The van der Waals surface area contributed by atoms with Gasteiger partial charge in [0.25, 0.3) is 5.69 Å². The molecule has 8 nitrogen and oxygen atoms in total. The smallest absolute Gasteiger partial charge is 0.254 e. The van der Waals surface area contributed by atoms with Gasteiger partial charge in [0.2, 0.25) is 6.20 Å². The molecule has 0 atom stereocenters. The van der Waals surface area contributed by atoms with Crippen LogP contribution in [-0.4, -0.2) is 35.2 Å². The fourth-order valence-electron chi connectivity index (χ4n) is 3.29.